The SMILES string of the molecule is CCOC(=O)C(CCC=O)(c1ccccc1)N(CC)c1ccc(OC)cc1. The van der Waals surface area contributed by atoms with Gasteiger partial charge in [0.2, 0.25) is 0 Å². The second-order valence-electron chi connectivity index (χ2n) is 6.09. The molecule has 0 aliphatic rings. The van der Waals surface area contributed by atoms with E-state index >= 15 is 0 Å². The summed E-state index contributed by atoms with van der Waals surface area (Å²) < 4.78 is 10.7. The van der Waals surface area contributed by atoms with Crippen LogP contribution in [-0.2, 0) is 19.9 Å². The van der Waals surface area contributed by atoms with Gasteiger partial charge in [-0.1, -0.05) is 30.3 Å². The van der Waals surface area contributed by atoms with E-state index in [1.54, 1.807) is 14.0 Å². The molecule has 0 aliphatic carbocycles. The Morgan fingerprint density at radius 3 is 2.26 bits per heavy atom. The van der Waals surface area contributed by atoms with E-state index in [0.29, 0.717) is 13.0 Å². The van der Waals surface area contributed by atoms with E-state index in [-0.39, 0.29) is 19.0 Å². The van der Waals surface area contributed by atoms with Gasteiger partial charge < -0.3 is 19.2 Å². The van der Waals surface area contributed by atoms with Crippen LogP contribution in [-0.4, -0.2) is 32.5 Å². The fourth-order valence-corrected chi connectivity index (χ4v) is 3.43. The molecule has 1 unspecified atom stereocenters. The van der Waals surface area contributed by atoms with Crippen molar-refractivity contribution in [1.82, 2.24) is 0 Å². The molecule has 5 heteroatoms. The van der Waals surface area contributed by atoms with Crippen molar-refractivity contribution >= 4 is 17.9 Å². The summed E-state index contributed by atoms with van der Waals surface area (Å²) in [4.78, 5) is 26.5. The predicted molar refractivity (Wildman–Crippen MR) is 106 cm³/mol. The number of nitrogens with zero attached hydrogens (tertiary/aromatic N) is 1. The van der Waals surface area contributed by atoms with Gasteiger partial charge >= 0.3 is 5.97 Å². The van der Waals surface area contributed by atoms with Gasteiger partial charge in [0, 0.05) is 18.7 Å². The number of carbonyl (C=O) groups is 2. The van der Waals surface area contributed by atoms with Gasteiger partial charge in [-0.25, -0.2) is 4.79 Å². The van der Waals surface area contributed by atoms with E-state index in [2.05, 4.69) is 0 Å². The van der Waals surface area contributed by atoms with Gasteiger partial charge in [0.25, 0.3) is 0 Å². The number of benzene rings is 2. The highest BCUT2D eigenvalue weighted by atomic mass is 16.5. The molecule has 0 fully saturated rings. The highest BCUT2D eigenvalue weighted by molar-refractivity contribution is 5.87. The van der Waals surface area contributed by atoms with Gasteiger partial charge in [0.15, 0.2) is 5.54 Å². The van der Waals surface area contributed by atoms with Crippen LogP contribution in [0.5, 0.6) is 5.75 Å². The number of methoxy groups -OCH3 is 1. The Hall–Kier alpha value is -2.82. The van der Waals surface area contributed by atoms with Gasteiger partial charge in [-0.2, -0.15) is 0 Å². The predicted octanol–water partition coefficient (Wildman–Crippen LogP) is 3.96. The molecule has 5 nitrogen and oxygen atoms in total. The number of hydrogen-bond acceptors (Lipinski definition) is 5. The first-order chi connectivity index (χ1) is 13.1. The Bertz CT molecular complexity index is 730. The molecular formula is C22H27NO4. The van der Waals surface area contributed by atoms with Crippen molar-refractivity contribution in [2.24, 2.45) is 0 Å². The average molecular weight is 369 g/mol. The molecule has 144 valence electrons. The average Bonchev–Trinajstić information content (AvgIpc) is 2.72. The molecule has 0 N–H and O–H groups in total. The fraction of sp³-hybridized carbons (Fsp3) is 0.364. The smallest absolute Gasteiger partial charge is 0.336 e. The molecule has 0 aromatic heterocycles. The van der Waals surface area contributed by atoms with Crippen LogP contribution in [0.3, 0.4) is 0 Å². The van der Waals surface area contributed by atoms with Crippen molar-refractivity contribution in [3.8, 4) is 5.75 Å². The Balaban J connectivity index is 2.65. The molecule has 0 radical (unpaired) electrons. The molecule has 27 heavy (non-hydrogen) atoms. The molecule has 0 saturated heterocycles. The standard InChI is InChI=1S/C22H27NO4/c1-4-23(19-12-14-20(26-3)15-13-19)22(16-9-17-24,21(25)27-5-2)18-10-7-6-8-11-18/h6-8,10-15,17H,4-5,9,16H2,1-3H3. The zero-order chi connectivity index (χ0) is 19.7. The van der Waals surface area contributed by atoms with Crippen LogP contribution >= 0.6 is 0 Å². The van der Waals surface area contributed by atoms with Gasteiger partial charge in [-0.3, -0.25) is 0 Å². The van der Waals surface area contributed by atoms with E-state index in [4.69, 9.17) is 9.47 Å². The summed E-state index contributed by atoms with van der Waals surface area (Å²) in [6.45, 7) is 4.62. The minimum Gasteiger partial charge on any atom is -0.497 e. The molecule has 2 aromatic carbocycles. The summed E-state index contributed by atoms with van der Waals surface area (Å²) in [5.41, 5.74) is 0.589. The number of carbonyl (C=O) groups excluding carboxylic acids is 2. The van der Waals surface area contributed by atoms with E-state index in [1.165, 1.54) is 0 Å². The third-order valence-electron chi connectivity index (χ3n) is 4.65. The van der Waals surface area contributed by atoms with Crippen LogP contribution in [0.1, 0.15) is 32.3 Å². The highest BCUT2D eigenvalue weighted by Gasteiger charge is 2.46. The fourth-order valence-electron chi connectivity index (χ4n) is 3.43. The largest absolute Gasteiger partial charge is 0.497 e. The Kier molecular flexibility index (Phi) is 7.41. The molecule has 0 heterocycles. The molecule has 0 aliphatic heterocycles. The number of anilines is 1. The lowest BCUT2D eigenvalue weighted by molar-refractivity contribution is -0.150. The van der Waals surface area contributed by atoms with E-state index in [0.717, 1.165) is 23.3 Å². The Labute approximate surface area is 160 Å². The molecular weight excluding hydrogens is 342 g/mol. The summed E-state index contributed by atoms with van der Waals surface area (Å²) in [5, 5.41) is 0. The van der Waals surface area contributed by atoms with Gasteiger partial charge in [-0.15, -0.1) is 0 Å². The number of esters is 1. The van der Waals surface area contributed by atoms with Crippen molar-refractivity contribution in [3.63, 3.8) is 0 Å². The second kappa shape index (κ2) is 9.76. The summed E-state index contributed by atoms with van der Waals surface area (Å²) >= 11 is 0. The maximum absolute atomic E-state index is 13.3. The molecule has 0 spiro atoms. The number of likely N-dealkylation sites (N-methyl/N-ethyl adjacent to an activating group) is 1. The molecule has 2 aromatic rings. The molecule has 0 amide bonds. The van der Waals surface area contributed by atoms with Crippen LogP contribution in [0.4, 0.5) is 5.69 Å². The lowest BCUT2D eigenvalue weighted by Crippen LogP contribution is -2.53. The van der Waals surface area contributed by atoms with Crippen LogP contribution in [0.15, 0.2) is 54.6 Å². The normalized spacial score (nSPS) is 12.7. The topological polar surface area (TPSA) is 55.8 Å². The molecule has 1 atom stereocenters. The number of ether oxygens (including phenoxy) is 2. The third-order valence-corrected chi connectivity index (χ3v) is 4.65. The molecule has 0 saturated carbocycles. The van der Waals surface area contributed by atoms with Gasteiger partial charge in [-0.05, 0) is 50.1 Å². The summed E-state index contributed by atoms with van der Waals surface area (Å²) in [5.74, 6) is 0.389. The number of aldehydes is 1. The quantitative estimate of drug-likeness (QED) is 0.469. The molecule has 2 rings (SSSR count). The summed E-state index contributed by atoms with van der Waals surface area (Å²) in [6, 6.07) is 17.1. The first-order valence-electron chi connectivity index (χ1n) is 9.22. The van der Waals surface area contributed by atoms with Gasteiger partial charge in [0.05, 0.1) is 13.7 Å². The van der Waals surface area contributed by atoms with Gasteiger partial charge in [0.1, 0.15) is 12.0 Å². The summed E-state index contributed by atoms with van der Waals surface area (Å²) in [7, 11) is 1.61. The van der Waals surface area contributed by atoms with Crippen molar-refractivity contribution < 1.29 is 19.1 Å². The van der Waals surface area contributed by atoms with Crippen LogP contribution in [0.25, 0.3) is 0 Å². The zero-order valence-electron chi connectivity index (χ0n) is 16.2. The second-order valence-corrected chi connectivity index (χ2v) is 6.09. The third kappa shape index (κ3) is 4.30. The monoisotopic (exact) mass is 369 g/mol. The highest BCUT2D eigenvalue weighted by Crippen LogP contribution is 2.38. The summed E-state index contributed by atoms with van der Waals surface area (Å²) in [6.07, 6.45) is 1.43. The zero-order valence-corrected chi connectivity index (χ0v) is 16.2. The van der Waals surface area contributed by atoms with Crippen molar-refractivity contribution in [3.05, 3.63) is 60.2 Å². The Morgan fingerprint density at radius 2 is 1.74 bits per heavy atom. The van der Waals surface area contributed by atoms with E-state index < -0.39 is 5.54 Å². The van der Waals surface area contributed by atoms with Crippen LogP contribution < -0.4 is 9.64 Å². The minimum atomic E-state index is -1.08. The minimum absolute atomic E-state index is 0.250. The maximum Gasteiger partial charge on any atom is 0.336 e. The number of hydrogen-bond donors (Lipinski definition) is 0. The van der Waals surface area contributed by atoms with Crippen LogP contribution in [0, 0.1) is 0 Å². The van der Waals surface area contributed by atoms with Crippen molar-refractivity contribution in [1.29, 1.82) is 0 Å². The molecule has 0 bridgehead atoms. The maximum atomic E-state index is 13.3. The van der Waals surface area contributed by atoms with Crippen molar-refractivity contribution in [2.45, 2.75) is 32.2 Å². The lowest BCUT2D eigenvalue weighted by atomic mass is 9.83. The van der Waals surface area contributed by atoms with E-state index in [9.17, 15) is 9.59 Å². The van der Waals surface area contributed by atoms with Crippen molar-refractivity contribution in [2.75, 3.05) is 25.2 Å². The Morgan fingerprint density at radius 1 is 1.07 bits per heavy atom. The van der Waals surface area contributed by atoms with E-state index in [1.807, 2.05) is 66.4 Å². The number of rotatable bonds is 10. The first-order valence-corrected chi connectivity index (χ1v) is 9.22. The first kappa shape index (κ1) is 20.5. The van der Waals surface area contributed by atoms with Crippen LogP contribution in [0.2, 0.25) is 0 Å². The lowest BCUT2D eigenvalue weighted by Gasteiger charge is -2.43.